The number of allylic oxidation sites excluding steroid dienone is 1. The molecule has 9 heteroatoms. The Morgan fingerprint density at radius 2 is 1.74 bits per heavy atom. The van der Waals surface area contributed by atoms with Gasteiger partial charge in [-0.2, -0.15) is 5.26 Å². The maximum absolute atomic E-state index is 13.4. The van der Waals surface area contributed by atoms with Crippen LogP contribution in [-0.4, -0.2) is 31.9 Å². The van der Waals surface area contributed by atoms with Gasteiger partial charge in [-0.25, -0.2) is 4.79 Å². The molecule has 1 atom stereocenters. The molecular weight excluding hydrogens is 454 g/mol. The number of nitrogens with zero attached hydrogens (tertiary/aromatic N) is 2. The fourth-order valence-electron chi connectivity index (χ4n) is 4.00. The van der Waals surface area contributed by atoms with Crippen molar-refractivity contribution in [3.8, 4) is 17.6 Å². The average molecular weight is 476 g/mol. The molecule has 172 valence electrons. The van der Waals surface area contributed by atoms with Crippen LogP contribution in [0, 0.1) is 11.3 Å². The van der Waals surface area contributed by atoms with Gasteiger partial charge in [0.25, 0.3) is 5.56 Å². The van der Waals surface area contributed by atoms with Crippen LogP contribution in [0.4, 0.5) is 0 Å². The number of rotatable bonds is 5. The molecular formula is C25H21N3O5S. The topological polar surface area (TPSA) is 117 Å². The zero-order chi connectivity index (χ0) is 24.4. The van der Waals surface area contributed by atoms with Gasteiger partial charge < -0.3 is 19.9 Å². The van der Waals surface area contributed by atoms with Crippen molar-refractivity contribution in [2.24, 2.45) is 5.73 Å². The van der Waals surface area contributed by atoms with Crippen molar-refractivity contribution in [2.45, 2.75) is 5.92 Å². The van der Waals surface area contributed by atoms with Gasteiger partial charge in [0, 0.05) is 11.1 Å². The largest absolute Gasteiger partial charge is 0.496 e. The van der Waals surface area contributed by atoms with E-state index in [1.165, 1.54) is 18.8 Å². The molecule has 2 N–H and O–H groups in total. The molecule has 3 aromatic rings. The summed E-state index contributed by atoms with van der Waals surface area (Å²) >= 11 is 1.09. The van der Waals surface area contributed by atoms with Gasteiger partial charge in [0.2, 0.25) is 0 Å². The van der Waals surface area contributed by atoms with Crippen LogP contribution >= 0.6 is 11.3 Å². The van der Waals surface area contributed by atoms with E-state index in [2.05, 4.69) is 6.07 Å². The zero-order valence-corrected chi connectivity index (χ0v) is 19.5. The maximum Gasteiger partial charge on any atom is 0.337 e. The Labute approximate surface area is 199 Å². The molecule has 2 aromatic carbocycles. The van der Waals surface area contributed by atoms with E-state index in [4.69, 9.17) is 19.9 Å². The molecule has 2 heterocycles. The number of aromatic nitrogens is 1. The number of nitrogens with two attached hydrogens (primary N) is 1. The number of benzene rings is 2. The molecule has 0 saturated heterocycles. The van der Waals surface area contributed by atoms with Crippen LogP contribution in [0.3, 0.4) is 0 Å². The van der Waals surface area contributed by atoms with E-state index >= 15 is 0 Å². The SMILES string of the molecule is COC(=O)C1=c2sc(=Cc3ccccc3OC)c(=O)n2C(N)=C(C#N)[C@H]1c1ccccc1OC. The molecule has 0 fully saturated rings. The van der Waals surface area contributed by atoms with E-state index in [1.54, 1.807) is 43.5 Å². The number of hydrogen-bond donors (Lipinski definition) is 1. The minimum atomic E-state index is -0.870. The minimum Gasteiger partial charge on any atom is -0.496 e. The van der Waals surface area contributed by atoms with Gasteiger partial charge in [-0.1, -0.05) is 36.4 Å². The molecule has 0 bridgehead atoms. The first-order valence-electron chi connectivity index (χ1n) is 10.2. The number of thiazole rings is 1. The van der Waals surface area contributed by atoms with E-state index in [0.717, 1.165) is 11.3 Å². The fourth-order valence-corrected chi connectivity index (χ4v) is 5.15. The van der Waals surface area contributed by atoms with Gasteiger partial charge in [0.1, 0.15) is 22.0 Å². The van der Waals surface area contributed by atoms with E-state index < -0.39 is 17.4 Å². The summed E-state index contributed by atoms with van der Waals surface area (Å²) in [5, 5.41) is 10.0. The summed E-state index contributed by atoms with van der Waals surface area (Å²) in [7, 11) is 4.29. The first kappa shape index (κ1) is 22.9. The van der Waals surface area contributed by atoms with Gasteiger partial charge in [0.15, 0.2) is 0 Å². The highest BCUT2D eigenvalue weighted by Gasteiger charge is 2.37. The molecule has 34 heavy (non-hydrogen) atoms. The molecule has 8 nitrogen and oxygen atoms in total. The number of nitriles is 1. The molecule has 0 aliphatic carbocycles. The zero-order valence-electron chi connectivity index (χ0n) is 18.7. The van der Waals surface area contributed by atoms with Crippen molar-refractivity contribution in [1.29, 1.82) is 5.26 Å². The lowest BCUT2D eigenvalue weighted by molar-refractivity contribution is -0.134. The molecule has 4 rings (SSSR count). The third-order valence-electron chi connectivity index (χ3n) is 5.55. The lowest BCUT2D eigenvalue weighted by Crippen LogP contribution is -2.40. The third-order valence-corrected chi connectivity index (χ3v) is 6.66. The third kappa shape index (κ3) is 3.64. The number of hydrogen-bond acceptors (Lipinski definition) is 8. The fraction of sp³-hybridized carbons (Fsp3) is 0.160. The monoisotopic (exact) mass is 475 g/mol. The number of para-hydroxylation sites is 2. The first-order valence-corrected chi connectivity index (χ1v) is 11.0. The van der Waals surface area contributed by atoms with E-state index in [1.807, 2.05) is 18.2 Å². The van der Waals surface area contributed by atoms with Gasteiger partial charge in [0.05, 0.1) is 49.0 Å². The maximum atomic E-state index is 13.4. The summed E-state index contributed by atoms with van der Waals surface area (Å²) in [6.07, 6.45) is 1.67. The second-order valence-corrected chi connectivity index (χ2v) is 8.32. The molecule has 1 aliphatic rings. The van der Waals surface area contributed by atoms with Crippen molar-refractivity contribution in [1.82, 2.24) is 4.57 Å². The summed E-state index contributed by atoms with van der Waals surface area (Å²) < 4.78 is 17.8. The van der Waals surface area contributed by atoms with Crippen molar-refractivity contribution in [3.63, 3.8) is 0 Å². The summed E-state index contributed by atoms with van der Waals surface area (Å²) in [4.78, 5) is 26.4. The molecule has 1 aliphatic heterocycles. The highest BCUT2D eigenvalue weighted by Crippen LogP contribution is 2.40. The van der Waals surface area contributed by atoms with Crippen LogP contribution in [0.1, 0.15) is 17.0 Å². The number of carbonyl (C=O) groups excluding carboxylic acids is 1. The van der Waals surface area contributed by atoms with Crippen molar-refractivity contribution >= 4 is 34.8 Å². The number of methoxy groups -OCH3 is 3. The van der Waals surface area contributed by atoms with Gasteiger partial charge in [-0.15, -0.1) is 11.3 Å². The van der Waals surface area contributed by atoms with Crippen LogP contribution in [0.5, 0.6) is 11.5 Å². The highest BCUT2D eigenvalue weighted by atomic mass is 32.1. The van der Waals surface area contributed by atoms with E-state index in [9.17, 15) is 14.9 Å². The minimum absolute atomic E-state index is 0.0398. The normalized spacial score (nSPS) is 15.5. The quantitative estimate of drug-likeness (QED) is 0.556. The van der Waals surface area contributed by atoms with Gasteiger partial charge in [-0.05, 0) is 18.2 Å². The number of fused-ring (bicyclic) bond motifs is 1. The number of ether oxygens (including phenoxy) is 3. The molecule has 0 spiro atoms. The Kier molecular flexibility index (Phi) is 6.25. The lowest BCUT2D eigenvalue weighted by atomic mass is 9.83. The predicted octanol–water partition coefficient (Wildman–Crippen LogP) is 1.53. The summed E-state index contributed by atoms with van der Waals surface area (Å²) in [6, 6.07) is 16.4. The van der Waals surface area contributed by atoms with Gasteiger partial charge in [-0.3, -0.25) is 9.36 Å². The van der Waals surface area contributed by atoms with E-state index in [0.29, 0.717) is 31.8 Å². The van der Waals surface area contributed by atoms with Crippen LogP contribution in [0.25, 0.3) is 17.5 Å². The summed E-state index contributed by atoms with van der Waals surface area (Å²) in [5.41, 5.74) is 7.36. The standard InChI is InChI=1S/C25H21N3O5S/c1-31-17-10-6-4-8-14(17)12-19-23(29)28-22(27)16(13-26)20(15-9-5-7-11-18(15)32-2)21(24(28)34-19)25(30)33-3/h4-12,20H,27H2,1-3H3/t20-/m1/s1. The average Bonchev–Trinajstić information content (AvgIpc) is 3.19. The Hall–Kier alpha value is -4.29. The Morgan fingerprint density at radius 3 is 2.38 bits per heavy atom. The van der Waals surface area contributed by atoms with Crippen LogP contribution < -0.4 is 30.0 Å². The molecule has 0 unspecified atom stereocenters. The second-order valence-electron chi connectivity index (χ2n) is 7.29. The summed E-state index contributed by atoms with van der Waals surface area (Å²) in [6.45, 7) is 0. The predicted molar refractivity (Wildman–Crippen MR) is 129 cm³/mol. The number of carbonyl (C=O) groups is 1. The number of esters is 1. The van der Waals surface area contributed by atoms with Crippen LogP contribution in [0.15, 0.2) is 58.9 Å². The molecule has 0 radical (unpaired) electrons. The smallest absolute Gasteiger partial charge is 0.337 e. The first-order chi connectivity index (χ1) is 16.5. The Morgan fingerprint density at radius 1 is 1.09 bits per heavy atom. The molecule has 0 saturated carbocycles. The van der Waals surface area contributed by atoms with Crippen LogP contribution in [-0.2, 0) is 9.53 Å². The Balaban J connectivity index is 2.13. The molecule has 1 aromatic heterocycles. The van der Waals surface area contributed by atoms with Crippen molar-refractivity contribution < 1.29 is 19.0 Å². The summed E-state index contributed by atoms with van der Waals surface area (Å²) in [5.74, 6) is -0.520. The van der Waals surface area contributed by atoms with Crippen LogP contribution in [0.2, 0.25) is 0 Å². The van der Waals surface area contributed by atoms with Crippen molar-refractivity contribution in [2.75, 3.05) is 21.3 Å². The highest BCUT2D eigenvalue weighted by molar-refractivity contribution is 7.07. The Bertz CT molecular complexity index is 1540. The molecule has 0 amide bonds. The second kappa shape index (κ2) is 9.29. The van der Waals surface area contributed by atoms with Crippen molar-refractivity contribution in [3.05, 3.63) is 84.8 Å². The lowest BCUT2D eigenvalue weighted by Gasteiger charge is -2.25. The van der Waals surface area contributed by atoms with Gasteiger partial charge >= 0.3 is 5.97 Å². The van der Waals surface area contributed by atoms with E-state index in [-0.39, 0.29) is 17.0 Å².